The largest absolute Gasteiger partial charge is 0.488 e. The first-order valence-electron chi connectivity index (χ1n) is 7.06. The molecule has 110 valence electrons. The van der Waals surface area contributed by atoms with Crippen LogP contribution in [0.4, 0.5) is 0 Å². The van der Waals surface area contributed by atoms with E-state index in [2.05, 4.69) is 6.07 Å². The zero-order valence-corrected chi connectivity index (χ0v) is 12.9. The summed E-state index contributed by atoms with van der Waals surface area (Å²) in [5.41, 5.74) is 0.341. The maximum Gasteiger partial charge on any atom is 0.229 e. The third-order valence-electron chi connectivity index (χ3n) is 4.25. The summed E-state index contributed by atoms with van der Waals surface area (Å²) in [5, 5.41) is 9.55. The lowest BCUT2D eigenvalue weighted by Crippen LogP contribution is -2.40. The average Bonchev–Trinajstić information content (AvgIpc) is 2.75. The summed E-state index contributed by atoms with van der Waals surface area (Å²) in [5.74, 6) is 0.792. The number of likely N-dealkylation sites (tertiary alicyclic amines) is 1. The summed E-state index contributed by atoms with van der Waals surface area (Å²) < 4.78 is 5.91. The van der Waals surface area contributed by atoms with Gasteiger partial charge in [0.1, 0.15) is 11.9 Å². The molecule has 1 amide bonds. The van der Waals surface area contributed by atoms with E-state index in [0.717, 1.165) is 17.7 Å². The first-order valence-corrected chi connectivity index (χ1v) is 7.44. The molecule has 4 nitrogen and oxygen atoms in total. The van der Waals surface area contributed by atoms with Crippen molar-refractivity contribution in [3.63, 3.8) is 0 Å². The third-order valence-corrected chi connectivity index (χ3v) is 4.49. The van der Waals surface area contributed by atoms with Gasteiger partial charge in [0.2, 0.25) is 5.91 Å². The number of carbonyl (C=O) groups is 1. The van der Waals surface area contributed by atoms with Crippen LogP contribution in [0.3, 0.4) is 0 Å². The number of benzene rings is 1. The highest BCUT2D eigenvalue weighted by Gasteiger charge is 2.45. The molecule has 5 heteroatoms. The summed E-state index contributed by atoms with van der Waals surface area (Å²) >= 11 is 6.01. The number of nitriles is 1. The molecule has 2 atom stereocenters. The van der Waals surface area contributed by atoms with Gasteiger partial charge in [0.15, 0.2) is 0 Å². The number of hydrogen-bond acceptors (Lipinski definition) is 3. The summed E-state index contributed by atoms with van der Waals surface area (Å²) in [6, 6.07) is 7.70. The Labute approximate surface area is 129 Å². The number of fused-ring (bicyclic) bond motifs is 4. The second kappa shape index (κ2) is 4.92. The van der Waals surface area contributed by atoms with E-state index in [1.807, 2.05) is 36.9 Å². The molecule has 1 fully saturated rings. The van der Waals surface area contributed by atoms with Gasteiger partial charge in [0.25, 0.3) is 0 Å². The van der Waals surface area contributed by atoms with Crippen LogP contribution in [0.15, 0.2) is 18.2 Å². The van der Waals surface area contributed by atoms with Crippen LogP contribution in [-0.2, 0) is 4.79 Å². The molecule has 0 spiro atoms. The quantitative estimate of drug-likeness (QED) is 0.842. The van der Waals surface area contributed by atoms with Gasteiger partial charge in [0, 0.05) is 23.4 Å². The van der Waals surface area contributed by atoms with Crippen molar-refractivity contribution in [1.29, 1.82) is 5.26 Å². The molecule has 0 N–H and O–H groups in total. The van der Waals surface area contributed by atoms with E-state index in [1.165, 1.54) is 0 Å². The highest BCUT2D eigenvalue weighted by molar-refractivity contribution is 6.30. The van der Waals surface area contributed by atoms with Gasteiger partial charge in [-0.25, -0.2) is 0 Å². The summed E-state index contributed by atoms with van der Waals surface area (Å²) in [6.45, 7) is 4.22. The lowest BCUT2D eigenvalue weighted by Gasteiger charge is -2.32. The topological polar surface area (TPSA) is 53.3 Å². The Morgan fingerprint density at radius 2 is 2.33 bits per heavy atom. The minimum atomic E-state index is -0.668. The van der Waals surface area contributed by atoms with Crippen molar-refractivity contribution in [3.05, 3.63) is 28.8 Å². The smallest absolute Gasteiger partial charge is 0.229 e. The molecule has 0 aliphatic carbocycles. The van der Waals surface area contributed by atoms with Crippen molar-refractivity contribution in [2.75, 3.05) is 6.54 Å². The van der Waals surface area contributed by atoms with E-state index in [-0.39, 0.29) is 24.5 Å². The summed E-state index contributed by atoms with van der Waals surface area (Å²) in [7, 11) is 0. The van der Waals surface area contributed by atoms with Gasteiger partial charge in [-0.2, -0.15) is 5.26 Å². The molecule has 1 saturated heterocycles. The van der Waals surface area contributed by atoms with E-state index in [4.69, 9.17) is 21.6 Å². The molecular formula is C16H17ClN2O2. The Kier molecular flexibility index (Phi) is 3.33. The molecule has 0 aromatic heterocycles. The third kappa shape index (κ3) is 2.36. The van der Waals surface area contributed by atoms with E-state index in [1.54, 1.807) is 0 Å². The Morgan fingerprint density at radius 1 is 1.57 bits per heavy atom. The second-order valence-corrected chi connectivity index (χ2v) is 6.79. The zero-order chi connectivity index (χ0) is 15.2. The molecule has 0 saturated carbocycles. The first kappa shape index (κ1) is 14.2. The molecule has 3 rings (SSSR count). The number of carbonyl (C=O) groups excluding carboxylic acids is 1. The molecule has 2 aliphatic heterocycles. The van der Waals surface area contributed by atoms with Crippen LogP contribution < -0.4 is 4.74 Å². The van der Waals surface area contributed by atoms with Gasteiger partial charge in [-0.05, 0) is 12.1 Å². The predicted octanol–water partition coefficient (Wildman–Crippen LogP) is 3.31. The monoisotopic (exact) mass is 304 g/mol. The van der Waals surface area contributed by atoms with E-state index in [0.29, 0.717) is 11.6 Å². The number of amides is 1. The van der Waals surface area contributed by atoms with Gasteiger partial charge in [0.05, 0.1) is 24.1 Å². The van der Waals surface area contributed by atoms with Gasteiger partial charge < -0.3 is 9.64 Å². The highest BCUT2D eigenvalue weighted by Crippen LogP contribution is 2.45. The SMILES string of the molecule is CC(C)(CC#N)C(=O)N1C[C@@H]2C[C@H]1c1ccc(Cl)cc1O2. The number of halogens is 1. The van der Waals surface area contributed by atoms with E-state index < -0.39 is 5.41 Å². The molecule has 2 bridgehead atoms. The van der Waals surface area contributed by atoms with Crippen molar-refractivity contribution < 1.29 is 9.53 Å². The fourth-order valence-corrected chi connectivity index (χ4v) is 3.29. The van der Waals surface area contributed by atoms with Gasteiger partial charge in [-0.1, -0.05) is 31.5 Å². The van der Waals surface area contributed by atoms with Crippen molar-refractivity contribution in [2.24, 2.45) is 5.41 Å². The van der Waals surface area contributed by atoms with Gasteiger partial charge >= 0.3 is 0 Å². The normalized spacial score (nSPS) is 23.2. The predicted molar refractivity (Wildman–Crippen MR) is 79.0 cm³/mol. The standard InChI is InChI=1S/C16H17ClN2O2/c1-16(2,5-6-18)15(20)19-9-11-8-13(19)12-4-3-10(17)7-14(12)21-11/h3-4,7,11,13H,5,8-9H2,1-2H3/t11-,13-/m0/s1. The van der Waals surface area contributed by atoms with Crippen LogP contribution in [0, 0.1) is 16.7 Å². The van der Waals surface area contributed by atoms with E-state index in [9.17, 15) is 4.79 Å². The maximum absolute atomic E-state index is 12.8. The second-order valence-electron chi connectivity index (χ2n) is 6.35. The van der Waals surface area contributed by atoms with Gasteiger partial charge in [-0.15, -0.1) is 0 Å². The van der Waals surface area contributed by atoms with Crippen LogP contribution in [0.1, 0.15) is 38.3 Å². The zero-order valence-electron chi connectivity index (χ0n) is 12.1. The Balaban J connectivity index is 1.92. The van der Waals surface area contributed by atoms with Crippen LogP contribution in [0.2, 0.25) is 5.02 Å². The summed E-state index contributed by atoms with van der Waals surface area (Å²) in [6.07, 6.45) is 1.04. The van der Waals surface area contributed by atoms with Crippen molar-refractivity contribution in [3.8, 4) is 11.8 Å². The molecule has 1 aromatic carbocycles. The molecule has 0 radical (unpaired) electrons. The first-order chi connectivity index (χ1) is 9.92. The molecule has 21 heavy (non-hydrogen) atoms. The molecule has 2 aliphatic rings. The Morgan fingerprint density at radius 3 is 3.05 bits per heavy atom. The van der Waals surface area contributed by atoms with Crippen molar-refractivity contribution in [2.45, 2.75) is 38.8 Å². The summed E-state index contributed by atoms with van der Waals surface area (Å²) in [4.78, 5) is 14.6. The van der Waals surface area contributed by atoms with Crippen LogP contribution in [0.25, 0.3) is 0 Å². The van der Waals surface area contributed by atoms with Gasteiger partial charge in [-0.3, -0.25) is 4.79 Å². The minimum absolute atomic E-state index is 0.0165. The molecule has 2 heterocycles. The number of nitrogens with zero attached hydrogens (tertiary/aromatic N) is 2. The van der Waals surface area contributed by atoms with Crippen LogP contribution >= 0.6 is 11.6 Å². The fourth-order valence-electron chi connectivity index (χ4n) is 3.13. The molecule has 1 aromatic rings. The van der Waals surface area contributed by atoms with Crippen molar-refractivity contribution in [1.82, 2.24) is 4.90 Å². The van der Waals surface area contributed by atoms with Crippen molar-refractivity contribution >= 4 is 17.5 Å². The molecular weight excluding hydrogens is 288 g/mol. The van der Waals surface area contributed by atoms with Crippen LogP contribution in [-0.4, -0.2) is 23.5 Å². The Bertz CT molecular complexity index is 636. The molecule has 0 unspecified atom stereocenters. The highest BCUT2D eigenvalue weighted by atomic mass is 35.5. The van der Waals surface area contributed by atoms with Crippen LogP contribution in [0.5, 0.6) is 5.75 Å². The lowest BCUT2D eigenvalue weighted by molar-refractivity contribution is -0.141. The lowest BCUT2D eigenvalue weighted by atomic mass is 9.87. The maximum atomic E-state index is 12.8. The Hall–Kier alpha value is -1.73. The number of rotatable bonds is 2. The fraction of sp³-hybridized carbons (Fsp3) is 0.500. The van der Waals surface area contributed by atoms with E-state index >= 15 is 0 Å². The minimum Gasteiger partial charge on any atom is -0.488 e. The number of hydrogen-bond donors (Lipinski definition) is 0. The number of ether oxygens (including phenoxy) is 1. The average molecular weight is 305 g/mol.